The molecule has 0 atom stereocenters. The van der Waals surface area contributed by atoms with Crippen LogP contribution >= 0.6 is 11.6 Å². The Bertz CT molecular complexity index is 1090. The zero-order chi connectivity index (χ0) is 20.5. The molecule has 0 aliphatic rings. The van der Waals surface area contributed by atoms with Gasteiger partial charge in [0.1, 0.15) is 0 Å². The number of aromatic nitrogens is 2. The van der Waals surface area contributed by atoms with E-state index in [2.05, 4.69) is 10.4 Å². The molecule has 10 heteroatoms. The average molecular weight is 430 g/mol. The van der Waals surface area contributed by atoms with E-state index in [4.69, 9.17) is 11.6 Å². The Labute approximate surface area is 164 Å². The topological polar surface area (TPSA) is 64.0 Å². The van der Waals surface area contributed by atoms with Gasteiger partial charge in [0.05, 0.1) is 15.6 Å². The maximum Gasteiger partial charge on any atom is 0.435 e. The Morgan fingerprint density at radius 2 is 1.79 bits per heavy atom. The molecule has 0 aliphatic carbocycles. The molecule has 0 unspecified atom stereocenters. The molecule has 0 aliphatic heterocycles. The highest BCUT2D eigenvalue weighted by Gasteiger charge is 2.33. The summed E-state index contributed by atoms with van der Waals surface area (Å²) in [7, 11) is -3.45. The van der Waals surface area contributed by atoms with E-state index in [1.807, 2.05) is 0 Å². The second-order valence-corrected chi connectivity index (χ2v) is 8.47. The highest BCUT2D eigenvalue weighted by molar-refractivity contribution is 7.90. The minimum atomic E-state index is -4.49. The fraction of sp³-hybridized carbons (Fsp3) is 0.167. The quantitative estimate of drug-likeness (QED) is 0.645. The molecule has 1 aromatic heterocycles. The summed E-state index contributed by atoms with van der Waals surface area (Å²) >= 11 is 5.92. The third kappa shape index (κ3) is 4.66. The summed E-state index contributed by atoms with van der Waals surface area (Å²) in [6.45, 7) is 0.387. The van der Waals surface area contributed by atoms with Crippen LogP contribution in [0.3, 0.4) is 0 Å². The number of sulfone groups is 1. The van der Waals surface area contributed by atoms with Crippen molar-refractivity contribution in [2.75, 3.05) is 11.6 Å². The lowest BCUT2D eigenvalue weighted by molar-refractivity contribution is -0.141. The molecule has 1 N–H and O–H groups in total. The first-order chi connectivity index (χ1) is 13.0. The van der Waals surface area contributed by atoms with Crippen LogP contribution in [0.2, 0.25) is 5.02 Å². The van der Waals surface area contributed by atoms with E-state index >= 15 is 0 Å². The van der Waals surface area contributed by atoms with E-state index in [1.165, 1.54) is 18.3 Å². The molecule has 0 bridgehead atoms. The van der Waals surface area contributed by atoms with Gasteiger partial charge >= 0.3 is 6.18 Å². The van der Waals surface area contributed by atoms with Crippen LogP contribution in [0.15, 0.2) is 59.6 Å². The monoisotopic (exact) mass is 429 g/mol. The molecule has 0 fully saturated rings. The summed E-state index contributed by atoms with van der Waals surface area (Å²) in [5.41, 5.74) is 0.964. The largest absolute Gasteiger partial charge is 0.435 e. The van der Waals surface area contributed by atoms with Crippen molar-refractivity contribution in [1.82, 2.24) is 9.78 Å². The summed E-state index contributed by atoms with van der Waals surface area (Å²) in [6.07, 6.45) is -2.16. The van der Waals surface area contributed by atoms with Crippen LogP contribution in [-0.4, -0.2) is 24.5 Å². The predicted molar refractivity (Wildman–Crippen MR) is 100 cm³/mol. The number of hydrogen-bond donors (Lipinski definition) is 1. The maximum atomic E-state index is 12.6. The predicted octanol–water partition coefficient (Wildman–Crippen LogP) is 4.56. The Balaban J connectivity index is 1.71. The average Bonchev–Trinajstić information content (AvgIpc) is 3.11. The van der Waals surface area contributed by atoms with Crippen LogP contribution in [0.25, 0.3) is 5.69 Å². The lowest BCUT2D eigenvalue weighted by Gasteiger charge is -2.10. The summed E-state index contributed by atoms with van der Waals surface area (Å²) in [6, 6.07) is 12.3. The minimum Gasteiger partial charge on any atom is -0.381 e. The number of nitrogens with one attached hydrogen (secondary N) is 1. The third-order valence-corrected chi connectivity index (χ3v) is 5.49. The molecule has 0 radical (unpaired) electrons. The molecule has 2 aromatic carbocycles. The zero-order valence-electron chi connectivity index (χ0n) is 14.5. The SMILES string of the molecule is CS(=O)(=O)c1cc(NCc2ccc(-n3ccc(C(F)(F)F)n3)cc2)ccc1Cl. The molecule has 0 saturated heterocycles. The first kappa shape index (κ1) is 20.2. The van der Waals surface area contributed by atoms with Gasteiger partial charge in [-0.05, 0) is 42.0 Å². The molecule has 3 aromatic rings. The lowest BCUT2D eigenvalue weighted by Crippen LogP contribution is -2.07. The molecule has 1 heterocycles. The van der Waals surface area contributed by atoms with Gasteiger partial charge < -0.3 is 5.32 Å². The molecule has 28 heavy (non-hydrogen) atoms. The van der Waals surface area contributed by atoms with Crippen LogP contribution in [-0.2, 0) is 22.6 Å². The van der Waals surface area contributed by atoms with Gasteiger partial charge in [0.15, 0.2) is 15.5 Å². The number of halogens is 4. The number of anilines is 1. The molecule has 5 nitrogen and oxygen atoms in total. The van der Waals surface area contributed by atoms with Crippen molar-refractivity contribution >= 4 is 27.1 Å². The normalized spacial score (nSPS) is 12.2. The van der Waals surface area contributed by atoms with Gasteiger partial charge in [-0.3, -0.25) is 0 Å². The lowest BCUT2D eigenvalue weighted by atomic mass is 10.2. The molecular formula is C18H15ClF3N3O2S. The fourth-order valence-corrected chi connectivity index (χ4v) is 3.79. The fourth-order valence-electron chi connectivity index (χ4n) is 2.49. The van der Waals surface area contributed by atoms with E-state index in [1.54, 1.807) is 30.3 Å². The number of hydrogen-bond acceptors (Lipinski definition) is 4. The van der Waals surface area contributed by atoms with Crippen LogP contribution in [0, 0.1) is 0 Å². The van der Waals surface area contributed by atoms with E-state index in [0.29, 0.717) is 17.9 Å². The molecular weight excluding hydrogens is 415 g/mol. The Morgan fingerprint density at radius 1 is 1.11 bits per heavy atom. The summed E-state index contributed by atoms with van der Waals surface area (Å²) < 4.78 is 62.5. The Kier molecular flexibility index (Phi) is 5.40. The van der Waals surface area contributed by atoms with E-state index in [9.17, 15) is 21.6 Å². The van der Waals surface area contributed by atoms with Crippen molar-refractivity contribution in [3.8, 4) is 5.69 Å². The van der Waals surface area contributed by atoms with Gasteiger partial charge in [-0.25, -0.2) is 13.1 Å². The zero-order valence-corrected chi connectivity index (χ0v) is 16.1. The number of nitrogens with zero attached hydrogens (tertiary/aromatic N) is 2. The maximum absolute atomic E-state index is 12.6. The Morgan fingerprint density at radius 3 is 2.36 bits per heavy atom. The van der Waals surface area contributed by atoms with Gasteiger partial charge in [-0.1, -0.05) is 23.7 Å². The van der Waals surface area contributed by atoms with Crippen molar-refractivity contribution < 1.29 is 21.6 Å². The van der Waals surface area contributed by atoms with Crippen molar-refractivity contribution in [2.24, 2.45) is 0 Å². The third-order valence-electron chi connectivity index (χ3n) is 3.91. The molecule has 0 amide bonds. The van der Waals surface area contributed by atoms with Crippen molar-refractivity contribution in [1.29, 1.82) is 0 Å². The van der Waals surface area contributed by atoms with E-state index in [-0.39, 0.29) is 9.92 Å². The van der Waals surface area contributed by atoms with Gasteiger partial charge in [-0.15, -0.1) is 0 Å². The highest BCUT2D eigenvalue weighted by atomic mass is 35.5. The number of rotatable bonds is 5. The highest BCUT2D eigenvalue weighted by Crippen LogP contribution is 2.28. The number of benzene rings is 2. The van der Waals surface area contributed by atoms with Gasteiger partial charge in [0, 0.05) is 24.7 Å². The summed E-state index contributed by atoms with van der Waals surface area (Å²) in [5.74, 6) is 0. The first-order valence-corrected chi connectivity index (χ1v) is 10.3. The minimum absolute atomic E-state index is 0.0358. The van der Waals surface area contributed by atoms with Crippen LogP contribution in [0.1, 0.15) is 11.3 Å². The van der Waals surface area contributed by atoms with E-state index in [0.717, 1.165) is 22.6 Å². The summed E-state index contributed by atoms with van der Waals surface area (Å²) in [5, 5.41) is 6.76. The van der Waals surface area contributed by atoms with Gasteiger partial charge in [0.2, 0.25) is 0 Å². The van der Waals surface area contributed by atoms with Gasteiger partial charge in [0.25, 0.3) is 0 Å². The van der Waals surface area contributed by atoms with Gasteiger partial charge in [-0.2, -0.15) is 18.3 Å². The Hall–Kier alpha value is -2.52. The second-order valence-electron chi connectivity index (χ2n) is 6.08. The van der Waals surface area contributed by atoms with E-state index < -0.39 is 21.7 Å². The standard InChI is InChI=1S/C18H15ClF3N3O2S/c1-28(26,27)16-10-13(4-7-15(16)19)23-11-12-2-5-14(6-3-12)25-9-8-17(24-25)18(20,21)22/h2-10,23H,11H2,1H3. The first-order valence-electron chi connectivity index (χ1n) is 8.00. The van der Waals surface area contributed by atoms with Crippen LogP contribution in [0.4, 0.5) is 18.9 Å². The van der Waals surface area contributed by atoms with Crippen LogP contribution in [0.5, 0.6) is 0 Å². The molecule has 148 valence electrons. The van der Waals surface area contributed by atoms with Crippen molar-refractivity contribution in [3.05, 3.63) is 71.0 Å². The smallest absolute Gasteiger partial charge is 0.381 e. The van der Waals surface area contributed by atoms with Crippen molar-refractivity contribution in [3.63, 3.8) is 0 Å². The van der Waals surface area contributed by atoms with Crippen LogP contribution < -0.4 is 5.32 Å². The molecule has 0 saturated carbocycles. The molecule has 3 rings (SSSR count). The second kappa shape index (κ2) is 7.48. The number of alkyl halides is 3. The van der Waals surface area contributed by atoms with Crippen molar-refractivity contribution in [2.45, 2.75) is 17.6 Å². The molecule has 0 spiro atoms. The summed E-state index contributed by atoms with van der Waals surface area (Å²) in [4.78, 5) is 0.0358.